The van der Waals surface area contributed by atoms with E-state index in [9.17, 15) is 14.7 Å². The first-order chi connectivity index (χ1) is 22.9. The van der Waals surface area contributed by atoms with E-state index in [4.69, 9.17) is 31.2 Å². The highest BCUT2D eigenvalue weighted by atomic mass is 32.2. The summed E-state index contributed by atoms with van der Waals surface area (Å²) in [7, 11) is 1.45. The van der Waals surface area contributed by atoms with Gasteiger partial charge in [0.1, 0.15) is 16.7 Å². The molecule has 0 saturated carbocycles. The van der Waals surface area contributed by atoms with Crippen LogP contribution in [0.25, 0.3) is 28.2 Å². The van der Waals surface area contributed by atoms with Crippen LogP contribution in [0.5, 0.6) is 17.2 Å². The summed E-state index contributed by atoms with van der Waals surface area (Å²) in [5, 5.41) is 9.21. The summed E-state index contributed by atoms with van der Waals surface area (Å²) in [4.78, 5) is 36.6. The van der Waals surface area contributed by atoms with E-state index >= 15 is 0 Å². The third-order valence-corrected chi connectivity index (χ3v) is 9.25. The predicted molar refractivity (Wildman–Crippen MR) is 184 cm³/mol. The minimum Gasteiger partial charge on any atom is -0.493 e. The number of carboxylic acid groups (broad SMARTS) is 1. The van der Waals surface area contributed by atoms with Crippen LogP contribution in [0, 0.1) is 0 Å². The maximum atomic E-state index is 13.4. The maximum absolute atomic E-state index is 13.4. The molecule has 2 aliphatic rings. The molecule has 3 aromatic carbocycles. The number of thioether (sulfide) groups is 1. The zero-order chi connectivity index (χ0) is 32.8. The third-order valence-electron chi connectivity index (χ3n) is 7.87. The van der Waals surface area contributed by atoms with Crippen molar-refractivity contribution in [1.82, 2.24) is 19.8 Å². The lowest BCUT2D eigenvalue weighted by atomic mass is 10.0. The lowest BCUT2D eigenvalue weighted by molar-refractivity contribution is -0.122. The Labute approximate surface area is 281 Å². The molecule has 4 aromatic rings. The minimum absolute atomic E-state index is 0.107. The quantitative estimate of drug-likeness (QED) is 0.109. The molecule has 2 fully saturated rings. The van der Waals surface area contributed by atoms with Gasteiger partial charge in [0.15, 0.2) is 11.5 Å². The maximum Gasteiger partial charge on any atom is 0.335 e. The van der Waals surface area contributed by atoms with E-state index in [2.05, 4.69) is 14.9 Å². The van der Waals surface area contributed by atoms with Gasteiger partial charge in [-0.05, 0) is 66.1 Å². The van der Waals surface area contributed by atoms with Gasteiger partial charge in [0.2, 0.25) is 0 Å². The number of aromatic amines is 1. The summed E-state index contributed by atoms with van der Waals surface area (Å²) in [5.41, 5.74) is 4.65. The van der Waals surface area contributed by atoms with Crippen molar-refractivity contribution in [3.05, 3.63) is 77.0 Å². The van der Waals surface area contributed by atoms with E-state index in [-0.39, 0.29) is 18.1 Å². The van der Waals surface area contributed by atoms with Crippen LogP contribution in [0.3, 0.4) is 0 Å². The van der Waals surface area contributed by atoms with Gasteiger partial charge in [-0.3, -0.25) is 14.6 Å². The molecule has 47 heavy (non-hydrogen) atoms. The summed E-state index contributed by atoms with van der Waals surface area (Å²) in [6, 6.07) is 16.4. The Balaban J connectivity index is 1.13. The molecule has 6 rings (SSSR count). The lowest BCUT2D eigenvalue weighted by Gasteiger charge is -2.26. The van der Waals surface area contributed by atoms with Crippen LogP contribution in [0.1, 0.15) is 22.3 Å². The SMILES string of the molecule is COc1cc(C(=O)O)ccc1OCCCN1C(=O)C(=Cc2ccc(OCCN3CCOCC3)c(-c3ccc4nc[nH]c4c3)c2)SC1=S. The monoisotopic (exact) mass is 674 g/mol. The van der Waals surface area contributed by atoms with Gasteiger partial charge < -0.3 is 29.0 Å². The number of rotatable bonds is 13. The number of fused-ring (bicyclic) bond motifs is 1. The first-order valence-electron chi connectivity index (χ1n) is 15.2. The van der Waals surface area contributed by atoms with E-state index in [1.54, 1.807) is 17.3 Å². The Morgan fingerprint density at radius 1 is 1.04 bits per heavy atom. The summed E-state index contributed by atoms with van der Waals surface area (Å²) in [6.45, 7) is 5.29. The van der Waals surface area contributed by atoms with Gasteiger partial charge in [-0.25, -0.2) is 9.78 Å². The fourth-order valence-corrected chi connectivity index (χ4v) is 6.68. The molecule has 0 bridgehead atoms. The van der Waals surface area contributed by atoms with Gasteiger partial charge in [-0.2, -0.15) is 0 Å². The van der Waals surface area contributed by atoms with Crippen molar-refractivity contribution in [3.8, 4) is 28.4 Å². The molecule has 2 aliphatic heterocycles. The second-order valence-corrected chi connectivity index (χ2v) is 12.6. The Morgan fingerprint density at radius 3 is 2.66 bits per heavy atom. The number of thiocarbonyl (C=S) groups is 1. The predicted octanol–water partition coefficient (Wildman–Crippen LogP) is 5.32. The normalized spacial score (nSPS) is 16.3. The summed E-state index contributed by atoms with van der Waals surface area (Å²) in [6.07, 6.45) is 4.05. The average molecular weight is 675 g/mol. The summed E-state index contributed by atoms with van der Waals surface area (Å²) < 4.78 is 23.3. The van der Waals surface area contributed by atoms with Gasteiger partial charge in [-0.15, -0.1) is 0 Å². The number of methoxy groups -OCH3 is 1. The molecule has 3 heterocycles. The van der Waals surface area contributed by atoms with Crippen molar-refractivity contribution in [1.29, 1.82) is 0 Å². The topological polar surface area (TPSA) is 126 Å². The first kappa shape index (κ1) is 32.5. The van der Waals surface area contributed by atoms with Gasteiger partial charge in [0.25, 0.3) is 5.91 Å². The Kier molecular flexibility index (Phi) is 10.4. The number of amides is 1. The molecule has 0 unspecified atom stereocenters. The Bertz CT molecular complexity index is 1820. The van der Waals surface area contributed by atoms with Gasteiger partial charge in [0, 0.05) is 31.7 Å². The molecular weight excluding hydrogens is 641 g/mol. The molecule has 0 atom stereocenters. The molecule has 2 saturated heterocycles. The zero-order valence-corrected chi connectivity index (χ0v) is 27.4. The van der Waals surface area contributed by atoms with Crippen LogP contribution >= 0.6 is 24.0 Å². The number of imidazole rings is 1. The number of hydrogen-bond acceptors (Lipinski definition) is 10. The molecule has 0 spiro atoms. The Morgan fingerprint density at radius 2 is 1.85 bits per heavy atom. The fourth-order valence-electron chi connectivity index (χ4n) is 5.37. The standard InChI is InChI=1S/C34H34N4O7S2/c1-42-30-20-24(33(40)41)5-8-29(30)44-13-2-9-38-32(39)31(47-34(38)46)18-22-3-7-28(45-16-12-37-10-14-43-15-11-37)25(17-22)23-4-6-26-27(19-23)36-21-35-26/h3-8,17-21H,2,9-16H2,1H3,(H,35,36)(H,40,41). The second kappa shape index (κ2) is 15.0. The number of carbonyl (C=O) groups is 2. The fraction of sp³-hybridized carbons (Fsp3) is 0.294. The largest absolute Gasteiger partial charge is 0.493 e. The van der Waals surface area contributed by atoms with Gasteiger partial charge >= 0.3 is 5.97 Å². The number of morpholine rings is 1. The number of nitrogens with one attached hydrogen (secondary N) is 1. The van der Waals surface area contributed by atoms with E-state index in [0.29, 0.717) is 40.3 Å². The lowest BCUT2D eigenvalue weighted by Crippen LogP contribution is -2.38. The van der Waals surface area contributed by atoms with Crippen molar-refractivity contribution in [2.75, 3.05) is 59.7 Å². The van der Waals surface area contributed by atoms with E-state index in [1.807, 2.05) is 42.5 Å². The molecule has 11 nitrogen and oxygen atoms in total. The number of ether oxygens (including phenoxy) is 4. The van der Waals surface area contributed by atoms with Crippen LogP contribution < -0.4 is 14.2 Å². The van der Waals surface area contributed by atoms with Crippen LogP contribution in [0.4, 0.5) is 0 Å². The summed E-state index contributed by atoms with van der Waals surface area (Å²) in [5.74, 6) is 0.313. The number of nitrogens with zero attached hydrogens (tertiary/aromatic N) is 3. The number of aromatic nitrogens is 2. The second-order valence-electron chi connectivity index (χ2n) is 10.9. The van der Waals surface area contributed by atoms with Crippen molar-refractivity contribution < 1.29 is 33.6 Å². The highest BCUT2D eigenvalue weighted by molar-refractivity contribution is 8.26. The van der Waals surface area contributed by atoms with E-state index in [1.165, 1.54) is 31.0 Å². The number of carbonyl (C=O) groups excluding carboxylic acids is 1. The average Bonchev–Trinajstić information content (AvgIpc) is 3.66. The molecular formula is C34H34N4O7S2. The zero-order valence-electron chi connectivity index (χ0n) is 25.8. The number of aromatic carboxylic acids is 1. The molecule has 0 radical (unpaired) electrons. The van der Waals surface area contributed by atoms with Crippen LogP contribution in [0.2, 0.25) is 0 Å². The highest BCUT2D eigenvalue weighted by Gasteiger charge is 2.31. The van der Waals surface area contributed by atoms with Crippen molar-refractivity contribution in [2.24, 2.45) is 0 Å². The highest BCUT2D eigenvalue weighted by Crippen LogP contribution is 2.36. The smallest absolute Gasteiger partial charge is 0.335 e. The third kappa shape index (κ3) is 7.76. The molecule has 13 heteroatoms. The number of benzene rings is 3. The molecule has 0 aliphatic carbocycles. The number of hydrogen-bond donors (Lipinski definition) is 2. The minimum atomic E-state index is -1.05. The molecule has 2 N–H and O–H groups in total. The first-order valence-corrected chi connectivity index (χ1v) is 16.4. The van der Waals surface area contributed by atoms with E-state index < -0.39 is 5.97 Å². The van der Waals surface area contributed by atoms with Gasteiger partial charge in [-0.1, -0.05) is 36.1 Å². The van der Waals surface area contributed by atoms with Gasteiger partial charge in [0.05, 0.1) is 54.8 Å². The van der Waals surface area contributed by atoms with Crippen LogP contribution in [0.15, 0.2) is 65.8 Å². The number of carboxylic acids is 1. The molecule has 1 aromatic heterocycles. The Hall–Kier alpha value is -4.43. The molecule has 1 amide bonds. The van der Waals surface area contributed by atoms with E-state index in [0.717, 1.165) is 66.3 Å². The van der Waals surface area contributed by atoms with Crippen LogP contribution in [-0.2, 0) is 9.53 Å². The van der Waals surface area contributed by atoms with Crippen molar-refractivity contribution in [2.45, 2.75) is 6.42 Å². The summed E-state index contributed by atoms with van der Waals surface area (Å²) >= 11 is 6.84. The molecule has 244 valence electrons. The van der Waals surface area contributed by atoms with Crippen molar-refractivity contribution in [3.63, 3.8) is 0 Å². The van der Waals surface area contributed by atoms with Crippen molar-refractivity contribution >= 4 is 57.3 Å². The number of H-pyrrole nitrogens is 1. The van der Waals surface area contributed by atoms with Crippen LogP contribution in [-0.4, -0.2) is 101 Å².